The number of nitrogens with zero attached hydrogens (tertiary/aromatic N) is 2. The third kappa shape index (κ3) is 3.74. The van der Waals surface area contributed by atoms with Crippen LogP contribution in [0.4, 0.5) is 5.69 Å². The predicted octanol–water partition coefficient (Wildman–Crippen LogP) is 3.99. The van der Waals surface area contributed by atoms with E-state index >= 15 is 0 Å². The molecule has 1 amide bonds. The lowest BCUT2D eigenvalue weighted by Crippen LogP contribution is -2.23. The number of benzene rings is 2. The minimum atomic E-state index is -0.0744. The molecule has 0 unspecified atom stereocenters. The van der Waals surface area contributed by atoms with Gasteiger partial charge in [0, 0.05) is 30.9 Å². The van der Waals surface area contributed by atoms with Crippen molar-refractivity contribution in [2.24, 2.45) is 0 Å². The Morgan fingerprint density at radius 2 is 1.83 bits per heavy atom. The summed E-state index contributed by atoms with van der Waals surface area (Å²) >= 11 is 0. The summed E-state index contributed by atoms with van der Waals surface area (Å²) in [5, 5.41) is 2.90. The number of amides is 1. The van der Waals surface area contributed by atoms with Crippen LogP contribution in [0.1, 0.15) is 18.4 Å². The number of carbonyl (C=O) groups excluding carboxylic acids is 1. The zero-order valence-corrected chi connectivity index (χ0v) is 16.5. The van der Waals surface area contributed by atoms with E-state index in [1.807, 2.05) is 72.1 Å². The average Bonchev–Trinajstić information content (AvgIpc) is 3.22. The number of anilines is 1. The van der Waals surface area contributed by atoms with Crippen molar-refractivity contribution >= 4 is 28.1 Å². The van der Waals surface area contributed by atoms with Crippen LogP contribution in [0.5, 0.6) is 5.75 Å². The molecule has 0 aliphatic heterocycles. The lowest BCUT2D eigenvalue weighted by molar-refractivity contribution is -0.116. The molecular formula is C23H23N3O3. The van der Waals surface area contributed by atoms with E-state index in [9.17, 15) is 9.59 Å². The molecule has 0 bridgehead atoms. The number of ether oxygens (including phenoxy) is 1. The lowest BCUT2D eigenvalue weighted by Gasteiger charge is -2.14. The number of hydrogen-bond donors (Lipinski definition) is 1. The molecule has 2 aromatic heterocycles. The fourth-order valence-electron chi connectivity index (χ4n) is 3.54. The molecule has 0 fully saturated rings. The molecule has 6 heteroatoms. The molecule has 0 spiro atoms. The first kappa shape index (κ1) is 18.8. The maximum absolute atomic E-state index is 13.0. The Kier molecular flexibility index (Phi) is 5.08. The van der Waals surface area contributed by atoms with Crippen molar-refractivity contribution < 1.29 is 9.53 Å². The van der Waals surface area contributed by atoms with Gasteiger partial charge >= 0.3 is 0 Å². The van der Waals surface area contributed by atoms with Crippen molar-refractivity contribution in [1.29, 1.82) is 0 Å². The normalized spacial score (nSPS) is 11.1. The molecule has 4 rings (SSSR count). The van der Waals surface area contributed by atoms with Gasteiger partial charge in [-0.05, 0) is 49.7 Å². The van der Waals surface area contributed by atoms with Gasteiger partial charge in [0.2, 0.25) is 5.91 Å². The third-order valence-electron chi connectivity index (χ3n) is 5.07. The molecule has 1 N–H and O–H groups in total. The number of rotatable bonds is 6. The van der Waals surface area contributed by atoms with Gasteiger partial charge in [-0.15, -0.1) is 0 Å². The molecule has 0 atom stereocenters. The van der Waals surface area contributed by atoms with Crippen LogP contribution in [0.15, 0.2) is 65.6 Å². The summed E-state index contributed by atoms with van der Waals surface area (Å²) in [6, 6.07) is 17.1. The maximum atomic E-state index is 13.0. The maximum Gasteiger partial charge on any atom is 0.275 e. The SMILES string of the molecule is COc1ccc2c(c1)n(CCCC(=O)Nc1ccc(C)cc1)c(=O)c1cccn12. The monoisotopic (exact) mass is 389 g/mol. The fourth-order valence-corrected chi connectivity index (χ4v) is 3.54. The van der Waals surface area contributed by atoms with E-state index in [-0.39, 0.29) is 11.5 Å². The van der Waals surface area contributed by atoms with Crippen molar-refractivity contribution in [3.8, 4) is 5.75 Å². The zero-order valence-electron chi connectivity index (χ0n) is 16.5. The molecule has 0 aliphatic rings. The lowest BCUT2D eigenvalue weighted by atomic mass is 10.2. The predicted molar refractivity (Wildman–Crippen MR) is 115 cm³/mol. The van der Waals surface area contributed by atoms with E-state index in [0.717, 1.165) is 22.3 Å². The summed E-state index contributed by atoms with van der Waals surface area (Å²) in [5.41, 5.74) is 4.18. The van der Waals surface area contributed by atoms with Gasteiger partial charge in [-0.3, -0.25) is 9.59 Å². The van der Waals surface area contributed by atoms with Gasteiger partial charge in [0.15, 0.2) is 0 Å². The highest BCUT2D eigenvalue weighted by atomic mass is 16.5. The second-order valence-corrected chi connectivity index (χ2v) is 7.09. The highest BCUT2D eigenvalue weighted by Gasteiger charge is 2.12. The van der Waals surface area contributed by atoms with Gasteiger partial charge in [0.1, 0.15) is 11.3 Å². The number of carbonyl (C=O) groups is 1. The molecule has 2 heterocycles. The standard InChI is InChI=1S/C23H23N3O3/c1-16-7-9-17(10-8-16)24-22(27)6-4-14-26-21-15-18(29-2)11-12-19(21)25-13-3-5-20(25)23(26)28/h3,5,7-13,15H,4,6,14H2,1-2H3,(H,24,27). The van der Waals surface area contributed by atoms with Crippen LogP contribution in [-0.2, 0) is 11.3 Å². The van der Waals surface area contributed by atoms with E-state index in [1.165, 1.54) is 0 Å². The van der Waals surface area contributed by atoms with E-state index in [1.54, 1.807) is 11.7 Å². The summed E-state index contributed by atoms with van der Waals surface area (Å²) in [6.45, 7) is 2.45. The summed E-state index contributed by atoms with van der Waals surface area (Å²) < 4.78 is 8.95. The van der Waals surface area contributed by atoms with E-state index < -0.39 is 0 Å². The first-order valence-corrected chi connectivity index (χ1v) is 9.61. The fraction of sp³-hybridized carbons (Fsp3) is 0.217. The first-order valence-electron chi connectivity index (χ1n) is 9.61. The van der Waals surface area contributed by atoms with Gasteiger partial charge in [0.05, 0.1) is 18.1 Å². The number of aryl methyl sites for hydroxylation is 2. The third-order valence-corrected chi connectivity index (χ3v) is 5.07. The molecule has 2 aromatic carbocycles. The van der Waals surface area contributed by atoms with Crippen molar-refractivity contribution in [3.63, 3.8) is 0 Å². The Bertz CT molecular complexity index is 1240. The molecule has 4 aromatic rings. The Morgan fingerprint density at radius 3 is 2.59 bits per heavy atom. The molecule has 0 saturated carbocycles. The molecule has 6 nitrogen and oxygen atoms in total. The van der Waals surface area contributed by atoms with E-state index in [2.05, 4.69) is 5.32 Å². The van der Waals surface area contributed by atoms with Crippen molar-refractivity contribution in [2.75, 3.05) is 12.4 Å². The topological polar surface area (TPSA) is 64.7 Å². The summed E-state index contributed by atoms with van der Waals surface area (Å²) in [4.78, 5) is 25.3. The minimum absolute atomic E-state index is 0.0625. The van der Waals surface area contributed by atoms with Crippen LogP contribution in [0.25, 0.3) is 16.6 Å². The number of nitrogens with one attached hydrogen (secondary N) is 1. The number of hydrogen-bond acceptors (Lipinski definition) is 3. The molecule has 148 valence electrons. The second kappa shape index (κ2) is 7.83. The van der Waals surface area contributed by atoms with Crippen molar-refractivity contribution in [3.05, 3.63) is 76.7 Å². The van der Waals surface area contributed by atoms with Crippen molar-refractivity contribution in [1.82, 2.24) is 8.97 Å². The Balaban J connectivity index is 1.56. The second-order valence-electron chi connectivity index (χ2n) is 7.09. The van der Waals surface area contributed by atoms with Crippen LogP contribution in [0.3, 0.4) is 0 Å². The van der Waals surface area contributed by atoms with Crippen LogP contribution in [-0.4, -0.2) is 22.0 Å². The Hall–Kier alpha value is -3.54. The molecule has 0 aliphatic carbocycles. The Labute approximate surface area is 168 Å². The molecule has 0 radical (unpaired) electrons. The number of aromatic nitrogens is 2. The van der Waals surface area contributed by atoms with Crippen molar-refractivity contribution in [2.45, 2.75) is 26.3 Å². The molecular weight excluding hydrogens is 366 g/mol. The first-order chi connectivity index (χ1) is 14.1. The summed E-state index contributed by atoms with van der Waals surface area (Å²) in [7, 11) is 1.60. The zero-order chi connectivity index (χ0) is 20.4. The van der Waals surface area contributed by atoms with Gasteiger partial charge < -0.3 is 19.0 Å². The van der Waals surface area contributed by atoms with E-state index in [4.69, 9.17) is 4.74 Å². The quantitative estimate of drug-likeness (QED) is 0.542. The Morgan fingerprint density at radius 1 is 1.03 bits per heavy atom. The smallest absolute Gasteiger partial charge is 0.275 e. The highest BCUT2D eigenvalue weighted by Crippen LogP contribution is 2.21. The summed E-state index contributed by atoms with van der Waals surface area (Å²) in [5.74, 6) is 0.627. The van der Waals surface area contributed by atoms with Gasteiger partial charge in [0.25, 0.3) is 5.56 Å². The highest BCUT2D eigenvalue weighted by molar-refractivity contribution is 5.90. The van der Waals surface area contributed by atoms with Crippen LogP contribution in [0, 0.1) is 6.92 Å². The molecule has 29 heavy (non-hydrogen) atoms. The van der Waals surface area contributed by atoms with Crippen LogP contribution in [0.2, 0.25) is 0 Å². The number of methoxy groups -OCH3 is 1. The van der Waals surface area contributed by atoms with Gasteiger partial charge in [-0.25, -0.2) is 0 Å². The van der Waals surface area contributed by atoms with Gasteiger partial charge in [-0.2, -0.15) is 0 Å². The van der Waals surface area contributed by atoms with E-state index in [0.29, 0.717) is 30.7 Å². The van der Waals surface area contributed by atoms with Crippen LogP contribution < -0.4 is 15.6 Å². The summed E-state index contributed by atoms with van der Waals surface area (Å²) in [6.07, 6.45) is 2.77. The largest absolute Gasteiger partial charge is 0.497 e. The van der Waals surface area contributed by atoms with Crippen LogP contribution >= 0.6 is 0 Å². The van der Waals surface area contributed by atoms with Gasteiger partial charge in [-0.1, -0.05) is 17.7 Å². The average molecular weight is 389 g/mol. The number of fused-ring (bicyclic) bond motifs is 3. The molecule has 0 saturated heterocycles. The minimum Gasteiger partial charge on any atom is -0.497 e.